The van der Waals surface area contributed by atoms with Gasteiger partial charge in [0.25, 0.3) is 0 Å². The maximum atomic E-state index is 12.9. The molecule has 0 aliphatic carbocycles. The first-order valence-corrected chi connectivity index (χ1v) is 8.94. The lowest BCUT2D eigenvalue weighted by Gasteiger charge is -2.27. The number of benzene rings is 3. The third kappa shape index (κ3) is 3.63. The summed E-state index contributed by atoms with van der Waals surface area (Å²) >= 11 is 0. The fraction of sp³-hybridized carbons (Fsp3) is 0.125. The van der Waals surface area contributed by atoms with Crippen LogP contribution in [0.5, 0.6) is 11.5 Å². The van der Waals surface area contributed by atoms with Crippen LogP contribution in [0.1, 0.15) is 39.6 Å². The fourth-order valence-electron chi connectivity index (χ4n) is 3.32. The van der Waals surface area contributed by atoms with Gasteiger partial charge in [-0.2, -0.15) is 0 Å². The molecule has 0 N–H and O–H groups in total. The van der Waals surface area contributed by atoms with Crippen LogP contribution in [0, 0.1) is 0 Å². The van der Waals surface area contributed by atoms with Crippen molar-refractivity contribution < 1.29 is 14.3 Å². The Bertz CT molecular complexity index is 975. The Hall–Kier alpha value is -3.33. The van der Waals surface area contributed by atoms with Crippen LogP contribution < -0.4 is 9.47 Å². The zero-order valence-electron chi connectivity index (χ0n) is 15.1. The largest absolute Gasteiger partial charge is 0.497 e. The Morgan fingerprint density at radius 1 is 0.963 bits per heavy atom. The Morgan fingerprint density at radius 2 is 1.67 bits per heavy atom. The summed E-state index contributed by atoms with van der Waals surface area (Å²) in [7, 11) is 1.62. The highest BCUT2D eigenvalue weighted by Crippen LogP contribution is 2.39. The van der Waals surface area contributed by atoms with Crippen LogP contribution in [-0.4, -0.2) is 12.9 Å². The number of methoxy groups -OCH3 is 1. The first kappa shape index (κ1) is 17.1. The first-order chi connectivity index (χ1) is 13.2. The lowest BCUT2D eigenvalue weighted by atomic mass is 9.92. The SMILES string of the molecule is COc1cc(C=Cc2ccccc2)c2c(c1)OC(c1ccccc1)CC2=O. The third-order valence-corrected chi connectivity index (χ3v) is 4.69. The summed E-state index contributed by atoms with van der Waals surface area (Å²) in [6, 6.07) is 23.5. The van der Waals surface area contributed by atoms with Crippen LogP contribution in [-0.2, 0) is 0 Å². The van der Waals surface area contributed by atoms with E-state index in [0.29, 0.717) is 23.5 Å². The number of fused-ring (bicyclic) bond motifs is 1. The summed E-state index contributed by atoms with van der Waals surface area (Å²) in [5.41, 5.74) is 3.50. The Kier molecular flexibility index (Phi) is 4.75. The molecule has 0 spiro atoms. The second-order valence-corrected chi connectivity index (χ2v) is 6.48. The molecule has 0 saturated heterocycles. The number of carbonyl (C=O) groups is 1. The average molecular weight is 356 g/mol. The molecule has 1 aliphatic rings. The Morgan fingerprint density at radius 3 is 2.37 bits per heavy atom. The van der Waals surface area contributed by atoms with E-state index in [1.165, 1.54) is 0 Å². The number of Topliss-reactive ketones (excluding diaryl/α,β-unsaturated/α-hetero) is 1. The van der Waals surface area contributed by atoms with E-state index in [0.717, 1.165) is 16.7 Å². The van der Waals surface area contributed by atoms with Crippen molar-refractivity contribution in [1.82, 2.24) is 0 Å². The second-order valence-electron chi connectivity index (χ2n) is 6.48. The minimum absolute atomic E-state index is 0.0838. The maximum absolute atomic E-state index is 12.9. The molecule has 3 aromatic carbocycles. The summed E-state index contributed by atoms with van der Waals surface area (Å²) < 4.78 is 11.6. The molecule has 3 nitrogen and oxygen atoms in total. The van der Waals surface area contributed by atoms with E-state index in [9.17, 15) is 4.79 Å². The van der Waals surface area contributed by atoms with Gasteiger partial charge in [0, 0.05) is 6.07 Å². The molecule has 1 aliphatic heterocycles. The van der Waals surface area contributed by atoms with Crippen molar-refractivity contribution in [1.29, 1.82) is 0 Å². The minimum atomic E-state index is -0.274. The molecule has 134 valence electrons. The molecular weight excluding hydrogens is 336 g/mol. The summed E-state index contributed by atoms with van der Waals surface area (Å²) in [5, 5.41) is 0. The molecule has 1 unspecified atom stereocenters. The summed E-state index contributed by atoms with van der Waals surface area (Å²) in [6.45, 7) is 0. The lowest BCUT2D eigenvalue weighted by molar-refractivity contribution is 0.0849. The topological polar surface area (TPSA) is 35.5 Å². The average Bonchev–Trinajstić information content (AvgIpc) is 2.72. The molecule has 0 amide bonds. The van der Waals surface area contributed by atoms with E-state index in [-0.39, 0.29) is 11.9 Å². The number of hydrogen-bond acceptors (Lipinski definition) is 3. The zero-order chi connectivity index (χ0) is 18.6. The van der Waals surface area contributed by atoms with Crippen LogP contribution in [0.4, 0.5) is 0 Å². The predicted octanol–water partition coefficient (Wildman–Crippen LogP) is 5.57. The molecule has 4 rings (SSSR count). The highest BCUT2D eigenvalue weighted by Gasteiger charge is 2.30. The van der Waals surface area contributed by atoms with Crippen LogP contribution in [0.25, 0.3) is 12.2 Å². The van der Waals surface area contributed by atoms with Crippen LogP contribution >= 0.6 is 0 Å². The fourth-order valence-corrected chi connectivity index (χ4v) is 3.32. The number of rotatable bonds is 4. The van der Waals surface area contributed by atoms with E-state index in [2.05, 4.69) is 0 Å². The van der Waals surface area contributed by atoms with Crippen molar-refractivity contribution in [2.24, 2.45) is 0 Å². The van der Waals surface area contributed by atoms with E-state index in [1.54, 1.807) is 13.2 Å². The van der Waals surface area contributed by atoms with Crippen molar-refractivity contribution in [3.63, 3.8) is 0 Å². The van der Waals surface area contributed by atoms with Crippen LogP contribution in [0.15, 0.2) is 72.8 Å². The van der Waals surface area contributed by atoms with E-state index in [4.69, 9.17) is 9.47 Å². The van der Waals surface area contributed by atoms with Crippen molar-refractivity contribution in [2.45, 2.75) is 12.5 Å². The van der Waals surface area contributed by atoms with Gasteiger partial charge in [-0.3, -0.25) is 4.79 Å². The first-order valence-electron chi connectivity index (χ1n) is 8.94. The molecule has 27 heavy (non-hydrogen) atoms. The molecule has 1 heterocycles. The molecule has 3 aromatic rings. The Balaban J connectivity index is 1.73. The van der Waals surface area contributed by atoms with E-state index < -0.39 is 0 Å². The smallest absolute Gasteiger partial charge is 0.171 e. The number of ketones is 1. The van der Waals surface area contributed by atoms with Gasteiger partial charge in [0.1, 0.15) is 17.6 Å². The van der Waals surface area contributed by atoms with E-state index in [1.807, 2.05) is 78.9 Å². The maximum Gasteiger partial charge on any atom is 0.171 e. The predicted molar refractivity (Wildman–Crippen MR) is 107 cm³/mol. The lowest BCUT2D eigenvalue weighted by Crippen LogP contribution is -2.21. The second kappa shape index (κ2) is 7.50. The summed E-state index contributed by atoms with van der Waals surface area (Å²) in [5.74, 6) is 1.33. The van der Waals surface area contributed by atoms with Gasteiger partial charge in [-0.1, -0.05) is 72.8 Å². The molecule has 3 heteroatoms. The summed E-state index contributed by atoms with van der Waals surface area (Å²) in [4.78, 5) is 12.9. The van der Waals surface area contributed by atoms with Gasteiger partial charge in [-0.05, 0) is 22.8 Å². The van der Waals surface area contributed by atoms with Gasteiger partial charge in [0.2, 0.25) is 0 Å². The van der Waals surface area contributed by atoms with Crippen molar-refractivity contribution >= 4 is 17.9 Å². The number of ether oxygens (including phenoxy) is 2. The quantitative estimate of drug-likeness (QED) is 0.573. The van der Waals surface area contributed by atoms with Gasteiger partial charge < -0.3 is 9.47 Å². The molecule has 1 atom stereocenters. The van der Waals surface area contributed by atoms with Crippen LogP contribution in [0.2, 0.25) is 0 Å². The highest BCUT2D eigenvalue weighted by atomic mass is 16.5. The molecule has 0 bridgehead atoms. The van der Waals surface area contributed by atoms with Crippen molar-refractivity contribution in [2.75, 3.05) is 7.11 Å². The van der Waals surface area contributed by atoms with Crippen LogP contribution in [0.3, 0.4) is 0 Å². The normalized spacial score (nSPS) is 16.0. The molecular formula is C24H20O3. The van der Waals surface area contributed by atoms with Gasteiger partial charge in [-0.25, -0.2) is 0 Å². The van der Waals surface area contributed by atoms with Gasteiger partial charge >= 0.3 is 0 Å². The Labute approximate surface area is 158 Å². The van der Waals surface area contributed by atoms with Gasteiger partial charge in [-0.15, -0.1) is 0 Å². The molecule has 0 saturated carbocycles. The number of carbonyl (C=O) groups excluding carboxylic acids is 1. The molecule has 0 aromatic heterocycles. The van der Waals surface area contributed by atoms with Crippen molar-refractivity contribution in [3.05, 3.63) is 95.1 Å². The molecule has 0 radical (unpaired) electrons. The van der Waals surface area contributed by atoms with Gasteiger partial charge in [0.05, 0.1) is 19.1 Å². The van der Waals surface area contributed by atoms with E-state index >= 15 is 0 Å². The monoisotopic (exact) mass is 356 g/mol. The minimum Gasteiger partial charge on any atom is -0.497 e. The van der Waals surface area contributed by atoms with Crippen molar-refractivity contribution in [3.8, 4) is 11.5 Å². The zero-order valence-corrected chi connectivity index (χ0v) is 15.1. The number of hydrogen-bond donors (Lipinski definition) is 0. The highest BCUT2D eigenvalue weighted by molar-refractivity contribution is 6.04. The molecule has 0 fully saturated rings. The third-order valence-electron chi connectivity index (χ3n) is 4.69. The van der Waals surface area contributed by atoms with Gasteiger partial charge in [0.15, 0.2) is 5.78 Å². The standard InChI is InChI=1S/C24H20O3/c1-26-20-14-19(13-12-17-8-4-2-5-9-17)24-21(25)16-22(27-23(24)15-20)18-10-6-3-7-11-18/h2-15,22H,16H2,1H3. The summed E-state index contributed by atoms with van der Waals surface area (Å²) in [6.07, 6.45) is 3.99.